The highest BCUT2D eigenvalue weighted by atomic mass is 16.7. The standard InChI is InChI=1S/C30H31NO5/c1-20-4-5-21(16-25(20)22-6-8-23(9-7-22)29(33)31-14-3-15-34-2)17-28(32)30(12-13-30)24-10-11-26-27(18-24)36-19-35-26/h4-11,16,18H,3,12-15,17,19H2,1-2H3,(H,31,33). The number of fused-ring (bicyclic) bond motifs is 1. The largest absolute Gasteiger partial charge is 0.454 e. The summed E-state index contributed by atoms with van der Waals surface area (Å²) >= 11 is 0. The Kier molecular flexibility index (Phi) is 6.79. The molecular weight excluding hydrogens is 454 g/mol. The predicted molar refractivity (Wildman–Crippen MR) is 138 cm³/mol. The topological polar surface area (TPSA) is 73.9 Å². The maximum Gasteiger partial charge on any atom is 0.251 e. The lowest BCUT2D eigenvalue weighted by Gasteiger charge is -2.16. The second-order valence-electron chi connectivity index (χ2n) is 9.58. The van der Waals surface area contributed by atoms with Crippen LogP contribution < -0.4 is 14.8 Å². The van der Waals surface area contributed by atoms with Crippen LogP contribution in [0.2, 0.25) is 0 Å². The zero-order valence-electron chi connectivity index (χ0n) is 20.8. The molecule has 0 saturated heterocycles. The lowest BCUT2D eigenvalue weighted by Crippen LogP contribution is -2.25. The quantitative estimate of drug-likeness (QED) is 0.409. The number of Topliss-reactive ketones (excluding diaryl/α,β-unsaturated/α-hetero) is 1. The van der Waals surface area contributed by atoms with Gasteiger partial charge in [-0.05, 0) is 78.3 Å². The van der Waals surface area contributed by atoms with E-state index in [-0.39, 0.29) is 18.5 Å². The molecule has 1 fully saturated rings. The molecule has 0 unspecified atom stereocenters. The molecule has 186 valence electrons. The molecule has 0 bridgehead atoms. The van der Waals surface area contributed by atoms with E-state index in [2.05, 4.69) is 24.4 Å². The summed E-state index contributed by atoms with van der Waals surface area (Å²) in [7, 11) is 1.65. The molecule has 6 nitrogen and oxygen atoms in total. The van der Waals surface area contributed by atoms with Crippen molar-refractivity contribution in [2.45, 2.75) is 38.0 Å². The van der Waals surface area contributed by atoms with E-state index in [1.807, 2.05) is 48.5 Å². The van der Waals surface area contributed by atoms with Crippen LogP contribution in [-0.2, 0) is 21.4 Å². The molecule has 0 atom stereocenters. The van der Waals surface area contributed by atoms with Gasteiger partial charge in [-0.15, -0.1) is 0 Å². The van der Waals surface area contributed by atoms with Crippen LogP contribution in [0.3, 0.4) is 0 Å². The van der Waals surface area contributed by atoms with Crippen LogP contribution in [0.5, 0.6) is 11.5 Å². The molecule has 3 aromatic carbocycles. The molecule has 0 spiro atoms. The Labute approximate surface area is 211 Å². The summed E-state index contributed by atoms with van der Waals surface area (Å²) in [5.74, 6) is 1.60. The summed E-state index contributed by atoms with van der Waals surface area (Å²) in [6.45, 7) is 3.49. The Morgan fingerprint density at radius 2 is 1.75 bits per heavy atom. The van der Waals surface area contributed by atoms with Gasteiger partial charge in [-0.3, -0.25) is 9.59 Å². The second-order valence-corrected chi connectivity index (χ2v) is 9.58. The van der Waals surface area contributed by atoms with Gasteiger partial charge in [0, 0.05) is 32.2 Å². The number of hydrogen-bond donors (Lipinski definition) is 1. The van der Waals surface area contributed by atoms with Gasteiger partial charge in [0.2, 0.25) is 6.79 Å². The Bertz CT molecular complexity index is 1280. The zero-order chi connectivity index (χ0) is 25.1. The number of hydrogen-bond acceptors (Lipinski definition) is 5. The van der Waals surface area contributed by atoms with Crippen molar-refractivity contribution in [2.24, 2.45) is 0 Å². The molecule has 1 N–H and O–H groups in total. The van der Waals surface area contributed by atoms with Crippen molar-refractivity contribution in [1.29, 1.82) is 0 Å². The number of ketones is 1. The third kappa shape index (κ3) is 4.86. The number of carbonyl (C=O) groups is 2. The number of aryl methyl sites for hydroxylation is 1. The first kappa shape index (κ1) is 24.1. The van der Waals surface area contributed by atoms with E-state index in [4.69, 9.17) is 14.2 Å². The molecule has 5 rings (SSSR count). The number of amides is 1. The highest BCUT2D eigenvalue weighted by molar-refractivity contribution is 5.95. The predicted octanol–water partition coefficient (Wildman–Crippen LogP) is 5.00. The maximum absolute atomic E-state index is 13.5. The van der Waals surface area contributed by atoms with E-state index in [0.29, 0.717) is 25.1 Å². The molecule has 1 aliphatic carbocycles. The van der Waals surface area contributed by atoms with Gasteiger partial charge in [0.15, 0.2) is 11.5 Å². The van der Waals surface area contributed by atoms with Gasteiger partial charge < -0.3 is 19.5 Å². The molecule has 1 saturated carbocycles. The van der Waals surface area contributed by atoms with E-state index >= 15 is 0 Å². The maximum atomic E-state index is 13.5. The van der Waals surface area contributed by atoms with Gasteiger partial charge in [-0.25, -0.2) is 0 Å². The monoisotopic (exact) mass is 485 g/mol. The molecular formula is C30H31NO5. The summed E-state index contributed by atoms with van der Waals surface area (Å²) in [5.41, 5.74) is 5.42. The minimum absolute atomic E-state index is 0.0908. The molecule has 1 aliphatic heterocycles. The summed E-state index contributed by atoms with van der Waals surface area (Å²) in [6.07, 6.45) is 2.88. The number of carbonyl (C=O) groups excluding carboxylic acids is 2. The molecule has 0 aromatic heterocycles. The molecule has 0 radical (unpaired) electrons. The van der Waals surface area contributed by atoms with E-state index in [1.165, 1.54) is 0 Å². The van der Waals surface area contributed by atoms with Crippen molar-refractivity contribution in [3.63, 3.8) is 0 Å². The fraction of sp³-hybridized carbons (Fsp3) is 0.333. The Balaban J connectivity index is 1.29. The Morgan fingerprint density at radius 1 is 0.972 bits per heavy atom. The van der Waals surface area contributed by atoms with Crippen molar-refractivity contribution in [2.75, 3.05) is 27.1 Å². The van der Waals surface area contributed by atoms with Crippen LogP contribution in [0, 0.1) is 6.92 Å². The summed E-state index contributed by atoms with van der Waals surface area (Å²) in [6, 6.07) is 19.7. The third-order valence-corrected chi connectivity index (χ3v) is 7.14. The van der Waals surface area contributed by atoms with Crippen LogP contribution in [0.1, 0.15) is 46.3 Å². The van der Waals surface area contributed by atoms with Crippen LogP contribution in [0.25, 0.3) is 11.1 Å². The minimum Gasteiger partial charge on any atom is -0.454 e. The molecule has 3 aromatic rings. The average Bonchev–Trinajstić information content (AvgIpc) is 3.58. The molecule has 1 amide bonds. The van der Waals surface area contributed by atoms with Gasteiger partial charge in [-0.2, -0.15) is 0 Å². The van der Waals surface area contributed by atoms with E-state index in [9.17, 15) is 9.59 Å². The summed E-state index contributed by atoms with van der Waals surface area (Å²) in [5, 5.41) is 2.91. The summed E-state index contributed by atoms with van der Waals surface area (Å²) in [4.78, 5) is 25.8. The second kappa shape index (κ2) is 10.2. The molecule has 6 heteroatoms. The van der Waals surface area contributed by atoms with Crippen molar-refractivity contribution >= 4 is 11.7 Å². The SMILES string of the molecule is COCCCNC(=O)c1ccc(-c2cc(CC(=O)C3(c4ccc5c(c4)OCO5)CC3)ccc2C)cc1. The highest BCUT2D eigenvalue weighted by Crippen LogP contribution is 2.51. The highest BCUT2D eigenvalue weighted by Gasteiger charge is 2.50. The van der Waals surface area contributed by atoms with Crippen molar-refractivity contribution in [3.8, 4) is 22.6 Å². The first-order chi connectivity index (χ1) is 17.5. The van der Waals surface area contributed by atoms with Crippen LogP contribution in [0.4, 0.5) is 0 Å². The third-order valence-electron chi connectivity index (χ3n) is 7.14. The van der Waals surface area contributed by atoms with Crippen LogP contribution in [-0.4, -0.2) is 38.7 Å². The lowest BCUT2D eigenvalue weighted by molar-refractivity contribution is -0.120. The first-order valence-electron chi connectivity index (χ1n) is 12.4. The van der Waals surface area contributed by atoms with Gasteiger partial charge in [-0.1, -0.05) is 36.4 Å². The summed E-state index contributed by atoms with van der Waals surface area (Å²) < 4.78 is 16.0. The number of rotatable bonds is 10. The molecule has 1 heterocycles. The first-order valence-corrected chi connectivity index (χ1v) is 12.4. The fourth-order valence-corrected chi connectivity index (χ4v) is 4.81. The van der Waals surface area contributed by atoms with E-state index < -0.39 is 5.41 Å². The van der Waals surface area contributed by atoms with E-state index in [0.717, 1.165) is 58.6 Å². The fourth-order valence-electron chi connectivity index (χ4n) is 4.81. The Hall–Kier alpha value is -3.64. The van der Waals surface area contributed by atoms with Gasteiger partial charge >= 0.3 is 0 Å². The van der Waals surface area contributed by atoms with Gasteiger partial charge in [0.25, 0.3) is 5.91 Å². The van der Waals surface area contributed by atoms with E-state index in [1.54, 1.807) is 7.11 Å². The average molecular weight is 486 g/mol. The smallest absolute Gasteiger partial charge is 0.251 e. The minimum atomic E-state index is -0.426. The van der Waals surface area contributed by atoms with Gasteiger partial charge in [0.1, 0.15) is 5.78 Å². The van der Waals surface area contributed by atoms with Gasteiger partial charge in [0.05, 0.1) is 5.41 Å². The van der Waals surface area contributed by atoms with Crippen molar-refractivity contribution in [1.82, 2.24) is 5.32 Å². The number of ether oxygens (including phenoxy) is 3. The lowest BCUT2D eigenvalue weighted by atomic mass is 9.87. The van der Waals surface area contributed by atoms with Crippen LogP contribution >= 0.6 is 0 Å². The Morgan fingerprint density at radius 3 is 2.50 bits per heavy atom. The van der Waals surface area contributed by atoms with Crippen molar-refractivity contribution in [3.05, 3.63) is 82.9 Å². The van der Waals surface area contributed by atoms with Crippen molar-refractivity contribution < 1.29 is 23.8 Å². The molecule has 2 aliphatic rings. The number of benzene rings is 3. The molecule has 36 heavy (non-hydrogen) atoms. The number of methoxy groups -OCH3 is 1. The van der Waals surface area contributed by atoms with Crippen LogP contribution in [0.15, 0.2) is 60.7 Å². The zero-order valence-corrected chi connectivity index (χ0v) is 20.8. The normalized spacial score (nSPS) is 14.9. The number of nitrogens with one attached hydrogen (secondary N) is 1.